The Balaban J connectivity index is 2.16. The molecule has 2 heterocycles. The fraction of sp³-hybridized carbons (Fsp3) is 0.545. The highest BCUT2D eigenvalue weighted by Crippen LogP contribution is 2.35. The van der Waals surface area contributed by atoms with Gasteiger partial charge in [-0.05, 0) is 21.8 Å². The summed E-state index contributed by atoms with van der Waals surface area (Å²) in [5, 5.41) is 12.2. The molecule has 0 spiro atoms. The number of anilines is 1. The molecule has 2 N–H and O–H groups in total. The van der Waals surface area contributed by atoms with E-state index in [-0.39, 0.29) is 11.3 Å². The van der Waals surface area contributed by atoms with Crippen LogP contribution in [0.2, 0.25) is 0 Å². The van der Waals surface area contributed by atoms with Crippen molar-refractivity contribution in [2.75, 3.05) is 11.1 Å². The molecule has 1 aliphatic heterocycles. The van der Waals surface area contributed by atoms with Crippen LogP contribution in [-0.4, -0.2) is 44.2 Å². The Morgan fingerprint density at radius 1 is 1.60 bits per heavy atom. The first-order valence-corrected chi connectivity index (χ1v) is 8.61. The molecule has 0 radical (unpaired) electrons. The summed E-state index contributed by atoms with van der Waals surface area (Å²) in [4.78, 5) is 29.1. The van der Waals surface area contributed by atoms with Gasteiger partial charge in [0.05, 0.1) is 15.4 Å². The summed E-state index contributed by atoms with van der Waals surface area (Å²) in [6, 6.07) is -1.21. The van der Waals surface area contributed by atoms with Crippen molar-refractivity contribution in [2.24, 2.45) is 5.92 Å². The van der Waals surface area contributed by atoms with E-state index < -0.39 is 18.0 Å². The molecule has 1 aromatic rings. The molecular weight excluding hydrogens is 366 g/mol. The second-order valence-corrected chi connectivity index (χ2v) is 8.19. The average Bonchev–Trinajstić information content (AvgIpc) is 2.95. The Labute approximate surface area is 133 Å². The molecule has 2 rings (SSSR count). The molecule has 2 atom stereocenters. The van der Waals surface area contributed by atoms with E-state index in [0.717, 1.165) is 3.79 Å². The van der Waals surface area contributed by atoms with E-state index in [2.05, 4.69) is 26.2 Å². The van der Waals surface area contributed by atoms with Gasteiger partial charge < -0.3 is 5.11 Å². The largest absolute Gasteiger partial charge is 0.480 e. The van der Waals surface area contributed by atoms with Gasteiger partial charge in [-0.3, -0.25) is 10.2 Å². The van der Waals surface area contributed by atoms with Crippen molar-refractivity contribution < 1.29 is 14.7 Å². The van der Waals surface area contributed by atoms with Crippen LogP contribution in [0.15, 0.2) is 9.98 Å². The molecule has 2 unspecified atom stereocenters. The number of nitrogens with zero attached hydrogens (tertiary/aromatic N) is 2. The summed E-state index contributed by atoms with van der Waals surface area (Å²) in [6.07, 6.45) is 1.59. The molecule has 6 nitrogen and oxygen atoms in total. The van der Waals surface area contributed by atoms with Crippen LogP contribution >= 0.6 is 39.0 Å². The number of rotatable bonds is 3. The normalized spacial score (nSPS) is 22.3. The van der Waals surface area contributed by atoms with Gasteiger partial charge in [-0.15, -0.1) is 11.8 Å². The van der Waals surface area contributed by atoms with Crippen molar-refractivity contribution in [3.05, 3.63) is 9.98 Å². The lowest BCUT2D eigenvalue weighted by Crippen LogP contribution is -2.49. The maximum atomic E-state index is 12.3. The van der Waals surface area contributed by atoms with E-state index in [1.54, 1.807) is 6.20 Å². The Bertz CT molecular complexity index is 523. The molecule has 110 valence electrons. The van der Waals surface area contributed by atoms with Gasteiger partial charge in [-0.2, -0.15) is 0 Å². The number of nitrogens with one attached hydrogen (secondary N) is 1. The van der Waals surface area contributed by atoms with Crippen LogP contribution in [0.3, 0.4) is 0 Å². The molecular formula is C11H14BrN3O3S2. The van der Waals surface area contributed by atoms with Gasteiger partial charge >= 0.3 is 12.0 Å². The zero-order chi connectivity index (χ0) is 14.9. The van der Waals surface area contributed by atoms with Crippen molar-refractivity contribution >= 4 is 56.2 Å². The Morgan fingerprint density at radius 2 is 2.30 bits per heavy atom. The van der Waals surface area contributed by atoms with Crippen LogP contribution in [0.4, 0.5) is 9.93 Å². The molecule has 0 aliphatic carbocycles. The lowest BCUT2D eigenvalue weighted by molar-refractivity contribution is -0.141. The number of carboxylic acid groups (broad SMARTS) is 1. The van der Waals surface area contributed by atoms with Gasteiger partial charge in [0.25, 0.3) is 0 Å². The van der Waals surface area contributed by atoms with E-state index in [1.807, 2.05) is 13.8 Å². The zero-order valence-corrected chi connectivity index (χ0v) is 14.1. The van der Waals surface area contributed by atoms with Gasteiger partial charge in [-0.1, -0.05) is 25.2 Å². The molecule has 1 saturated heterocycles. The van der Waals surface area contributed by atoms with E-state index in [0.29, 0.717) is 10.9 Å². The number of hydrogen-bond acceptors (Lipinski definition) is 5. The zero-order valence-electron chi connectivity index (χ0n) is 10.9. The smallest absolute Gasteiger partial charge is 0.327 e. The summed E-state index contributed by atoms with van der Waals surface area (Å²) in [5.74, 6) is -0.387. The minimum Gasteiger partial charge on any atom is -0.480 e. The number of urea groups is 1. The summed E-state index contributed by atoms with van der Waals surface area (Å²) in [5.41, 5.74) is 0. The minimum atomic E-state index is -0.976. The highest BCUT2D eigenvalue weighted by molar-refractivity contribution is 9.11. The molecule has 0 saturated carbocycles. The number of hydrogen-bond donors (Lipinski definition) is 2. The Kier molecular flexibility index (Phi) is 4.92. The third-order valence-electron chi connectivity index (χ3n) is 2.82. The standard InChI is InChI=1S/C11H14BrN3O3S2/c1-5(2)8-15(6(4-19-8)9(16)17)11(18)14-10-13-3-7(12)20-10/h3,5-6,8H,4H2,1-2H3,(H,16,17)(H,13,14,18). The topological polar surface area (TPSA) is 82.5 Å². The number of thioether (sulfide) groups is 1. The third kappa shape index (κ3) is 3.26. The average molecular weight is 380 g/mol. The first kappa shape index (κ1) is 15.6. The third-order valence-corrected chi connectivity index (χ3v) is 5.83. The predicted octanol–water partition coefficient (Wildman–Crippen LogP) is 2.92. The second kappa shape index (κ2) is 6.31. The van der Waals surface area contributed by atoms with E-state index in [1.165, 1.54) is 28.0 Å². The maximum Gasteiger partial charge on any atom is 0.327 e. The molecule has 0 bridgehead atoms. The van der Waals surface area contributed by atoms with E-state index in [4.69, 9.17) is 0 Å². The van der Waals surface area contributed by atoms with Crippen molar-refractivity contribution in [1.82, 2.24) is 9.88 Å². The molecule has 1 aliphatic rings. The number of amides is 2. The lowest BCUT2D eigenvalue weighted by Gasteiger charge is -2.29. The molecule has 2 amide bonds. The number of aliphatic carboxylic acids is 1. The Hall–Kier alpha value is -0.800. The number of carbonyl (C=O) groups is 2. The van der Waals surface area contributed by atoms with Gasteiger partial charge in [0.1, 0.15) is 6.04 Å². The quantitative estimate of drug-likeness (QED) is 0.843. The van der Waals surface area contributed by atoms with Crippen molar-refractivity contribution in [3.63, 3.8) is 0 Å². The highest BCUT2D eigenvalue weighted by atomic mass is 79.9. The van der Waals surface area contributed by atoms with Crippen LogP contribution in [0, 0.1) is 5.92 Å². The maximum absolute atomic E-state index is 12.3. The van der Waals surface area contributed by atoms with Crippen LogP contribution in [0.25, 0.3) is 0 Å². The van der Waals surface area contributed by atoms with Gasteiger partial charge in [0.15, 0.2) is 5.13 Å². The van der Waals surface area contributed by atoms with E-state index >= 15 is 0 Å². The highest BCUT2D eigenvalue weighted by Gasteiger charge is 2.43. The molecule has 1 fully saturated rings. The fourth-order valence-corrected chi connectivity index (χ4v) is 4.52. The first-order valence-electron chi connectivity index (χ1n) is 5.95. The molecule has 0 aromatic carbocycles. The van der Waals surface area contributed by atoms with Gasteiger partial charge in [-0.25, -0.2) is 14.6 Å². The van der Waals surface area contributed by atoms with Crippen LogP contribution < -0.4 is 5.32 Å². The Morgan fingerprint density at radius 3 is 2.80 bits per heavy atom. The fourth-order valence-electron chi connectivity index (χ4n) is 1.96. The summed E-state index contributed by atoms with van der Waals surface area (Å²) < 4.78 is 0.804. The summed E-state index contributed by atoms with van der Waals surface area (Å²) in [6.45, 7) is 3.95. The number of halogens is 1. The van der Waals surface area contributed by atoms with Crippen molar-refractivity contribution in [2.45, 2.75) is 25.3 Å². The number of carbonyl (C=O) groups excluding carboxylic acids is 1. The molecule has 1 aromatic heterocycles. The van der Waals surface area contributed by atoms with Crippen LogP contribution in [0.1, 0.15) is 13.8 Å². The molecule has 9 heteroatoms. The van der Waals surface area contributed by atoms with Crippen LogP contribution in [-0.2, 0) is 4.79 Å². The minimum absolute atomic E-state index is 0.139. The predicted molar refractivity (Wildman–Crippen MR) is 83.2 cm³/mol. The number of carboxylic acids is 1. The number of thiazole rings is 1. The first-order chi connectivity index (χ1) is 9.40. The SMILES string of the molecule is CC(C)C1SCC(C(=O)O)N1C(=O)Nc1ncc(Br)s1. The summed E-state index contributed by atoms with van der Waals surface area (Å²) in [7, 11) is 0. The molecule has 20 heavy (non-hydrogen) atoms. The van der Waals surface area contributed by atoms with Crippen molar-refractivity contribution in [1.29, 1.82) is 0 Å². The summed E-state index contributed by atoms with van der Waals surface area (Å²) >= 11 is 6.05. The second-order valence-electron chi connectivity index (χ2n) is 4.63. The van der Waals surface area contributed by atoms with E-state index in [9.17, 15) is 14.7 Å². The van der Waals surface area contributed by atoms with Crippen molar-refractivity contribution in [3.8, 4) is 0 Å². The van der Waals surface area contributed by atoms with Gasteiger partial charge in [0, 0.05) is 5.75 Å². The monoisotopic (exact) mass is 379 g/mol. The number of aromatic nitrogens is 1. The lowest BCUT2D eigenvalue weighted by atomic mass is 10.2. The van der Waals surface area contributed by atoms with Crippen LogP contribution in [0.5, 0.6) is 0 Å². The van der Waals surface area contributed by atoms with Gasteiger partial charge in [0.2, 0.25) is 0 Å².